The van der Waals surface area contributed by atoms with Crippen LogP contribution in [0.2, 0.25) is 0 Å². The normalized spacial score (nSPS) is 25.5. The van der Waals surface area contributed by atoms with Gasteiger partial charge >= 0.3 is 0 Å². The molecular formula is C11H17NOS. The van der Waals surface area contributed by atoms with Crippen molar-refractivity contribution in [3.63, 3.8) is 0 Å². The van der Waals surface area contributed by atoms with Gasteiger partial charge in [0, 0.05) is 6.54 Å². The average Bonchev–Trinajstić information content (AvgIpc) is 2.19. The van der Waals surface area contributed by atoms with E-state index in [2.05, 4.69) is 12.3 Å². The van der Waals surface area contributed by atoms with E-state index in [0.717, 1.165) is 13.0 Å². The SMILES string of the molecule is CCCCCC1=CS[C@H]2CC(=O)N2C1. The number of rotatable bonds is 4. The number of hydrogen-bond donors (Lipinski definition) is 0. The summed E-state index contributed by atoms with van der Waals surface area (Å²) in [7, 11) is 0. The Morgan fingerprint density at radius 1 is 1.57 bits per heavy atom. The molecule has 2 aliphatic rings. The Bertz CT molecular complexity index is 262. The zero-order chi connectivity index (χ0) is 9.97. The monoisotopic (exact) mass is 211 g/mol. The zero-order valence-electron chi connectivity index (χ0n) is 8.66. The van der Waals surface area contributed by atoms with Crippen LogP contribution >= 0.6 is 11.8 Å². The standard InChI is InChI=1S/C11H17NOS/c1-2-3-4-5-9-7-12-10(13)6-11(12)14-8-9/h8,11H,2-7H2,1H3/t11-/m0/s1. The number of thioether (sulfide) groups is 1. The molecule has 1 atom stereocenters. The van der Waals surface area contributed by atoms with E-state index >= 15 is 0 Å². The van der Waals surface area contributed by atoms with Gasteiger partial charge < -0.3 is 4.90 Å². The van der Waals surface area contributed by atoms with Gasteiger partial charge in [-0.1, -0.05) is 19.8 Å². The predicted molar refractivity (Wildman–Crippen MR) is 59.9 cm³/mol. The lowest BCUT2D eigenvalue weighted by Crippen LogP contribution is -2.52. The molecule has 2 aliphatic heterocycles. The van der Waals surface area contributed by atoms with Crippen LogP contribution in [0.3, 0.4) is 0 Å². The molecule has 2 rings (SSSR count). The summed E-state index contributed by atoms with van der Waals surface area (Å²) in [6.45, 7) is 3.12. The van der Waals surface area contributed by atoms with Crippen molar-refractivity contribution in [2.45, 2.75) is 44.4 Å². The van der Waals surface area contributed by atoms with E-state index < -0.39 is 0 Å². The fourth-order valence-electron chi connectivity index (χ4n) is 1.91. The topological polar surface area (TPSA) is 20.3 Å². The summed E-state index contributed by atoms with van der Waals surface area (Å²) in [6.07, 6.45) is 5.78. The lowest BCUT2D eigenvalue weighted by Gasteiger charge is -2.42. The van der Waals surface area contributed by atoms with Gasteiger partial charge in [0.1, 0.15) is 0 Å². The maximum Gasteiger partial charge on any atom is 0.226 e. The molecule has 78 valence electrons. The minimum absolute atomic E-state index is 0.337. The van der Waals surface area contributed by atoms with E-state index in [1.807, 2.05) is 16.7 Å². The Morgan fingerprint density at radius 3 is 3.14 bits per heavy atom. The smallest absolute Gasteiger partial charge is 0.226 e. The van der Waals surface area contributed by atoms with Crippen molar-refractivity contribution in [2.75, 3.05) is 6.54 Å². The first-order chi connectivity index (χ1) is 6.81. The number of nitrogens with zero attached hydrogens (tertiary/aromatic N) is 1. The third kappa shape index (κ3) is 1.97. The highest BCUT2D eigenvalue weighted by atomic mass is 32.2. The molecule has 3 heteroatoms. The second kappa shape index (κ2) is 4.39. The van der Waals surface area contributed by atoms with Crippen LogP contribution in [0.25, 0.3) is 0 Å². The van der Waals surface area contributed by atoms with Crippen molar-refractivity contribution in [3.8, 4) is 0 Å². The van der Waals surface area contributed by atoms with Crippen molar-refractivity contribution in [1.29, 1.82) is 0 Å². The predicted octanol–water partition coefficient (Wildman–Crippen LogP) is 2.76. The molecule has 1 amide bonds. The van der Waals surface area contributed by atoms with Crippen LogP contribution in [-0.4, -0.2) is 22.7 Å². The van der Waals surface area contributed by atoms with E-state index in [-0.39, 0.29) is 0 Å². The Labute approximate surface area is 89.7 Å². The number of β-lactam (4-membered cyclic amide) rings is 1. The molecule has 2 heterocycles. The molecule has 1 saturated heterocycles. The van der Waals surface area contributed by atoms with Crippen LogP contribution in [0.4, 0.5) is 0 Å². The number of amides is 1. The molecule has 0 N–H and O–H groups in total. The van der Waals surface area contributed by atoms with Gasteiger partial charge in [-0.05, 0) is 23.8 Å². The molecule has 1 fully saturated rings. The molecule has 0 spiro atoms. The summed E-state index contributed by atoms with van der Waals surface area (Å²) >= 11 is 1.83. The van der Waals surface area contributed by atoms with Crippen LogP contribution in [0.15, 0.2) is 11.0 Å². The van der Waals surface area contributed by atoms with Gasteiger partial charge in [0.15, 0.2) is 0 Å². The van der Waals surface area contributed by atoms with Crippen molar-refractivity contribution in [1.82, 2.24) is 4.90 Å². The van der Waals surface area contributed by atoms with E-state index in [9.17, 15) is 4.79 Å². The van der Waals surface area contributed by atoms with E-state index in [1.54, 1.807) is 0 Å². The van der Waals surface area contributed by atoms with Crippen LogP contribution < -0.4 is 0 Å². The first-order valence-corrected chi connectivity index (χ1v) is 6.38. The van der Waals surface area contributed by atoms with E-state index in [1.165, 1.54) is 31.3 Å². The largest absolute Gasteiger partial charge is 0.326 e. The molecular weight excluding hydrogens is 194 g/mol. The van der Waals surface area contributed by atoms with Crippen LogP contribution in [-0.2, 0) is 4.79 Å². The van der Waals surface area contributed by atoms with E-state index in [4.69, 9.17) is 0 Å². The van der Waals surface area contributed by atoms with Gasteiger partial charge in [0.2, 0.25) is 5.91 Å². The zero-order valence-corrected chi connectivity index (χ0v) is 9.48. The molecule has 0 aromatic carbocycles. The summed E-state index contributed by atoms with van der Waals surface area (Å²) < 4.78 is 0. The number of fused-ring (bicyclic) bond motifs is 1. The summed E-state index contributed by atoms with van der Waals surface area (Å²) in [5.41, 5.74) is 1.45. The number of carbonyl (C=O) groups excluding carboxylic acids is 1. The minimum atomic E-state index is 0.337. The highest BCUT2D eigenvalue weighted by Gasteiger charge is 2.38. The third-order valence-corrected chi connectivity index (χ3v) is 4.09. The first kappa shape index (κ1) is 10.1. The fourth-order valence-corrected chi connectivity index (χ4v) is 3.03. The van der Waals surface area contributed by atoms with Crippen LogP contribution in [0.5, 0.6) is 0 Å². The Kier molecular flexibility index (Phi) is 3.16. The quantitative estimate of drug-likeness (QED) is 0.526. The lowest BCUT2D eigenvalue weighted by atomic mass is 10.1. The van der Waals surface area contributed by atoms with Crippen molar-refractivity contribution >= 4 is 17.7 Å². The van der Waals surface area contributed by atoms with Gasteiger partial charge in [-0.25, -0.2) is 0 Å². The van der Waals surface area contributed by atoms with Gasteiger partial charge in [-0.2, -0.15) is 0 Å². The van der Waals surface area contributed by atoms with E-state index in [0.29, 0.717) is 11.3 Å². The number of hydrogen-bond acceptors (Lipinski definition) is 2. The van der Waals surface area contributed by atoms with Crippen LogP contribution in [0.1, 0.15) is 39.0 Å². The van der Waals surface area contributed by atoms with Crippen molar-refractivity contribution in [2.24, 2.45) is 0 Å². The number of carbonyl (C=O) groups is 1. The van der Waals surface area contributed by atoms with Crippen molar-refractivity contribution in [3.05, 3.63) is 11.0 Å². The summed E-state index contributed by atoms with van der Waals surface area (Å²) in [5, 5.41) is 2.75. The Morgan fingerprint density at radius 2 is 2.43 bits per heavy atom. The molecule has 0 aliphatic carbocycles. The molecule has 0 unspecified atom stereocenters. The lowest BCUT2D eigenvalue weighted by molar-refractivity contribution is -0.140. The highest BCUT2D eigenvalue weighted by molar-refractivity contribution is 8.02. The Hall–Kier alpha value is -0.440. The third-order valence-electron chi connectivity index (χ3n) is 2.88. The molecule has 0 bridgehead atoms. The molecule has 0 aromatic rings. The summed E-state index contributed by atoms with van der Waals surface area (Å²) in [6, 6.07) is 0. The molecule has 0 radical (unpaired) electrons. The second-order valence-electron chi connectivity index (χ2n) is 4.05. The summed E-state index contributed by atoms with van der Waals surface area (Å²) in [4.78, 5) is 13.2. The van der Waals surface area contributed by atoms with Gasteiger partial charge in [0.25, 0.3) is 0 Å². The van der Waals surface area contributed by atoms with Crippen molar-refractivity contribution < 1.29 is 4.79 Å². The molecule has 0 saturated carbocycles. The average molecular weight is 211 g/mol. The molecule has 14 heavy (non-hydrogen) atoms. The van der Waals surface area contributed by atoms with Crippen LogP contribution in [0, 0.1) is 0 Å². The Balaban J connectivity index is 1.80. The number of unbranched alkanes of at least 4 members (excludes halogenated alkanes) is 2. The van der Waals surface area contributed by atoms with Gasteiger partial charge in [0.05, 0.1) is 11.8 Å². The molecule has 0 aromatic heterocycles. The second-order valence-corrected chi connectivity index (χ2v) is 5.10. The maximum atomic E-state index is 11.2. The maximum absolute atomic E-state index is 11.2. The molecule has 2 nitrogen and oxygen atoms in total. The highest BCUT2D eigenvalue weighted by Crippen LogP contribution is 2.36. The summed E-state index contributed by atoms with van der Waals surface area (Å²) in [5.74, 6) is 0.337. The first-order valence-electron chi connectivity index (χ1n) is 5.44. The fraction of sp³-hybridized carbons (Fsp3) is 0.727. The minimum Gasteiger partial charge on any atom is -0.326 e. The van der Waals surface area contributed by atoms with Gasteiger partial charge in [-0.3, -0.25) is 4.79 Å². The van der Waals surface area contributed by atoms with Gasteiger partial charge in [-0.15, -0.1) is 11.8 Å².